The van der Waals surface area contributed by atoms with Crippen molar-refractivity contribution in [3.05, 3.63) is 53.3 Å². The number of esters is 1. The van der Waals surface area contributed by atoms with Crippen LogP contribution in [0.3, 0.4) is 0 Å². The quantitative estimate of drug-likeness (QED) is 0.181. The van der Waals surface area contributed by atoms with Gasteiger partial charge in [-0.15, -0.1) is 0 Å². The molecule has 0 aliphatic carbocycles. The summed E-state index contributed by atoms with van der Waals surface area (Å²) in [6.07, 6.45) is 5.89. The molecule has 0 atom stereocenters. The van der Waals surface area contributed by atoms with Gasteiger partial charge < -0.3 is 9.84 Å². The van der Waals surface area contributed by atoms with Crippen LogP contribution < -0.4 is 4.74 Å². The van der Waals surface area contributed by atoms with Gasteiger partial charge in [-0.1, -0.05) is 32.6 Å². The van der Waals surface area contributed by atoms with Crippen molar-refractivity contribution in [2.75, 3.05) is 0 Å². The first-order chi connectivity index (χ1) is 14.7. The highest BCUT2D eigenvalue weighted by molar-refractivity contribution is 9.11. The van der Waals surface area contributed by atoms with Crippen LogP contribution in [0, 0.1) is 22.7 Å². The highest BCUT2D eigenvalue weighted by Gasteiger charge is 2.13. The normalized spacial score (nSPS) is 9.77. The van der Waals surface area contributed by atoms with Crippen LogP contribution in [0.5, 0.6) is 11.5 Å². The lowest BCUT2D eigenvalue weighted by Gasteiger charge is -2.09. The molecule has 5 nitrogen and oxygen atoms in total. The maximum atomic E-state index is 11.8. The average Bonchev–Trinajstić information content (AvgIpc) is 2.74. The van der Waals surface area contributed by atoms with E-state index in [2.05, 4.69) is 70.6 Å². The summed E-state index contributed by atoms with van der Waals surface area (Å²) in [7, 11) is 0. The predicted molar refractivity (Wildman–Crippen MR) is 134 cm³/mol. The van der Waals surface area contributed by atoms with Gasteiger partial charge in [0.05, 0.1) is 41.2 Å². The number of phenols is 1. The zero-order chi connectivity index (χ0) is 23.4. The highest BCUT2D eigenvalue weighted by Crippen LogP contribution is 2.35. The SMILES string of the molecule is CCCCCCCC(=O)Oc1c(Br)cc(C#N)cc1Br.N#Cc1cc(Br)c(O)c(Br)c1. The van der Waals surface area contributed by atoms with Crippen molar-refractivity contribution in [2.24, 2.45) is 0 Å². The van der Waals surface area contributed by atoms with Gasteiger partial charge in [-0.25, -0.2) is 0 Å². The van der Waals surface area contributed by atoms with Crippen LogP contribution in [0.2, 0.25) is 0 Å². The summed E-state index contributed by atoms with van der Waals surface area (Å²) < 4.78 is 7.57. The number of hydrogen-bond acceptors (Lipinski definition) is 5. The first-order valence-corrected chi connectivity index (χ1v) is 12.6. The number of halogens is 4. The summed E-state index contributed by atoms with van der Waals surface area (Å²) >= 11 is 12.8. The molecule has 0 spiro atoms. The number of nitrogens with zero attached hydrogens (tertiary/aromatic N) is 2. The van der Waals surface area contributed by atoms with E-state index in [0.717, 1.165) is 19.3 Å². The fourth-order valence-electron chi connectivity index (χ4n) is 2.39. The topological polar surface area (TPSA) is 94.1 Å². The lowest BCUT2D eigenvalue weighted by molar-refractivity contribution is -0.134. The molecule has 31 heavy (non-hydrogen) atoms. The number of hydrogen-bond donors (Lipinski definition) is 1. The molecule has 0 heterocycles. The lowest BCUT2D eigenvalue weighted by atomic mass is 10.1. The Hall–Kier alpha value is -1.39. The molecule has 1 N–H and O–H groups in total. The molecular weight excluding hydrogens is 660 g/mol. The lowest BCUT2D eigenvalue weighted by Crippen LogP contribution is -2.08. The Morgan fingerprint density at radius 1 is 0.871 bits per heavy atom. The summed E-state index contributed by atoms with van der Waals surface area (Å²) in [6, 6.07) is 10.4. The molecule has 2 aromatic carbocycles. The molecule has 0 amide bonds. The van der Waals surface area contributed by atoms with Gasteiger partial charge in [-0.3, -0.25) is 4.79 Å². The van der Waals surface area contributed by atoms with Crippen molar-refractivity contribution in [2.45, 2.75) is 45.4 Å². The number of nitriles is 2. The number of ether oxygens (including phenoxy) is 1. The molecule has 0 saturated heterocycles. The number of phenolic OH excluding ortho intramolecular Hbond substituents is 1. The third kappa shape index (κ3) is 9.74. The number of carbonyl (C=O) groups is 1. The standard InChI is InChI=1S/C15H17Br2NO2.C7H3Br2NO/c1-2-3-4-5-6-7-14(19)20-15-12(16)8-11(10-18)9-13(15)17;8-5-1-4(3-10)2-6(9)7(5)11/h8-9H,2-7H2,1H3;1-2,11H. The van der Waals surface area contributed by atoms with Gasteiger partial charge in [0.2, 0.25) is 0 Å². The van der Waals surface area contributed by atoms with E-state index in [1.54, 1.807) is 24.3 Å². The first-order valence-electron chi connectivity index (χ1n) is 9.41. The van der Waals surface area contributed by atoms with E-state index in [1.165, 1.54) is 12.8 Å². The van der Waals surface area contributed by atoms with E-state index < -0.39 is 0 Å². The zero-order valence-electron chi connectivity index (χ0n) is 16.7. The molecule has 0 saturated carbocycles. The van der Waals surface area contributed by atoms with Crippen molar-refractivity contribution in [1.82, 2.24) is 0 Å². The minimum atomic E-state index is -0.243. The Morgan fingerprint density at radius 2 is 1.32 bits per heavy atom. The minimum Gasteiger partial charge on any atom is -0.506 e. The summed E-state index contributed by atoms with van der Waals surface area (Å²) in [6.45, 7) is 2.16. The molecule has 2 rings (SSSR count). The number of aromatic hydroxyl groups is 1. The Morgan fingerprint density at radius 3 is 1.77 bits per heavy atom. The van der Waals surface area contributed by atoms with Gasteiger partial charge >= 0.3 is 5.97 Å². The third-order valence-corrected chi connectivity index (χ3v) is 6.36. The van der Waals surface area contributed by atoms with Crippen LogP contribution in [0.15, 0.2) is 42.2 Å². The summed E-state index contributed by atoms with van der Waals surface area (Å²) in [5.74, 6) is 0.305. The minimum absolute atomic E-state index is 0.115. The van der Waals surface area contributed by atoms with Crippen LogP contribution >= 0.6 is 63.7 Å². The monoisotopic (exact) mass is 676 g/mol. The van der Waals surface area contributed by atoms with Crippen LogP contribution in [-0.4, -0.2) is 11.1 Å². The molecule has 2 aromatic rings. The molecule has 0 aromatic heterocycles. The number of unbranched alkanes of at least 4 members (excludes halogenated alkanes) is 4. The summed E-state index contributed by atoms with van der Waals surface area (Å²) in [5, 5.41) is 26.6. The van der Waals surface area contributed by atoms with E-state index in [9.17, 15) is 9.90 Å². The number of carbonyl (C=O) groups excluding carboxylic acids is 1. The van der Waals surface area contributed by atoms with E-state index in [4.69, 9.17) is 15.3 Å². The molecular formula is C22H20Br4N2O3. The van der Waals surface area contributed by atoms with Crippen LogP contribution in [0.1, 0.15) is 56.6 Å². The Bertz CT molecular complexity index is 951. The van der Waals surface area contributed by atoms with Gasteiger partial charge in [0.15, 0.2) is 5.75 Å². The van der Waals surface area contributed by atoms with Crippen LogP contribution in [0.25, 0.3) is 0 Å². The summed E-state index contributed by atoms with van der Waals surface area (Å²) in [4.78, 5) is 11.8. The van der Waals surface area contributed by atoms with Crippen LogP contribution in [-0.2, 0) is 4.79 Å². The van der Waals surface area contributed by atoms with Gasteiger partial charge in [0, 0.05) is 6.42 Å². The molecule has 164 valence electrons. The third-order valence-electron chi connectivity index (χ3n) is 3.97. The molecule has 0 aliphatic rings. The summed E-state index contributed by atoms with van der Waals surface area (Å²) in [5.41, 5.74) is 1.00. The van der Waals surface area contributed by atoms with Crippen molar-refractivity contribution in [1.29, 1.82) is 10.5 Å². The van der Waals surface area contributed by atoms with E-state index >= 15 is 0 Å². The Kier molecular flexibility index (Phi) is 13.0. The molecule has 0 unspecified atom stereocenters. The maximum Gasteiger partial charge on any atom is 0.311 e. The fourth-order valence-corrected chi connectivity index (χ4v) is 4.92. The average molecular weight is 680 g/mol. The second-order valence-electron chi connectivity index (χ2n) is 6.42. The van der Waals surface area contributed by atoms with Gasteiger partial charge in [-0.05, 0) is 94.4 Å². The van der Waals surface area contributed by atoms with Crippen molar-refractivity contribution in [3.63, 3.8) is 0 Å². The molecule has 0 radical (unpaired) electrons. The van der Waals surface area contributed by atoms with Crippen molar-refractivity contribution < 1.29 is 14.6 Å². The van der Waals surface area contributed by atoms with E-state index in [0.29, 0.717) is 41.2 Å². The van der Waals surface area contributed by atoms with Gasteiger partial charge in [-0.2, -0.15) is 10.5 Å². The number of rotatable bonds is 7. The van der Waals surface area contributed by atoms with Gasteiger partial charge in [0.25, 0.3) is 0 Å². The highest BCUT2D eigenvalue weighted by atomic mass is 79.9. The van der Waals surface area contributed by atoms with Gasteiger partial charge in [0.1, 0.15) is 5.75 Å². The number of benzene rings is 2. The second-order valence-corrected chi connectivity index (χ2v) is 9.84. The van der Waals surface area contributed by atoms with Crippen LogP contribution in [0.4, 0.5) is 0 Å². The van der Waals surface area contributed by atoms with E-state index in [-0.39, 0.29) is 11.7 Å². The first kappa shape index (κ1) is 27.6. The smallest absolute Gasteiger partial charge is 0.311 e. The maximum absolute atomic E-state index is 11.8. The molecule has 9 heteroatoms. The second kappa shape index (κ2) is 14.6. The Balaban J connectivity index is 0.000000367. The molecule has 0 fully saturated rings. The zero-order valence-corrected chi connectivity index (χ0v) is 23.1. The largest absolute Gasteiger partial charge is 0.506 e. The Labute approximate surface area is 215 Å². The van der Waals surface area contributed by atoms with E-state index in [1.807, 2.05) is 12.1 Å². The van der Waals surface area contributed by atoms with Crippen molar-refractivity contribution >= 4 is 69.7 Å². The fraction of sp³-hybridized carbons (Fsp3) is 0.318. The molecule has 0 bridgehead atoms. The van der Waals surface area contributed by atoms with Crippen molar-refractivity contribution in [3.8, 4) is 23.6 Å². The molecule has 0 aliphatic heterocycles. The predicted octanol–water partition coefficient (Wildman–Crippen LogP) is 8.14.